The van der Waals surface area contributed by atoms with Crippen LogP contribution in [0.4, 0.5) is 5.69 Å². The first-order chi connectivity index (χ1) is 9.59. The Morgan fingerprint density at radius 1 is 1.35 bits per heavy atom. The number of halogens is 1. The summed E-state index contributed by atoms with van der Waals surface area (Å²) in [7, 11) is 0. The van der Waals surface area contributed by atoms with Crippen LogP contribution in [0, 0.1) is 10.1 Å². The second-order valence-electron chi connectivity index (χ2n) is 3.98. The zero-order chi connectivity index (χ0) is 14.5. The molecule has 0 aliphatic carbocycles. The van der Waals surface area contributed by atoms with E-state index in [1.165, 1.54) is 18.2 Å². The van der Waals surface area contributed by atoms with Gasteiger partial charge in [0.25, 0.3) is 5.91 Å². The van der Waals surface area contributed by atoms with E-state index in [1.807, 2.05) is 0 Å². The number of benzene rings is 1. The summed E-state index contributed by atoms with van der Waals surface area (Å²) in [6.07, 6.45) is 2.05. The predicted octanol–water partition coefficient (Wildman–Crippen LogP) is 2.81. The third-order valence-electron chi connectivity index (χ3n) is 2.65. The fourth-order valence-corrected chi connectivity index (χ4v) is 1.98. The van der Waals surface area contributed by atoms with Crippen LogP contribution < -0.4 is 5.32 Å². The van der Waals surface area contributed by atoms with Crippen LogP contribution in [-0.2, 0) is 6.42 Å². The second kappa shape index (κ2) is 6.21. The van der Waals surface area contributed by atoms with Crippen LogP contribution in [0.1, 0.15) is 16.1 Å². The Kier molecular flexibility index (Phi) is 4.37. The van der Waals surface area contributed by atoms with Crippen molar-refractivity contribution in [3.8, 4) is 0 Å². The molecule has 0 radical (unpaired) electrons. The Labute approximate surface area is 119 Å². The number of hydrogen-bond donors (Lipinski definition) is 1. The number of nitrogens with zero attached hydrogens (tertiary/aromatic N) is 1. The lowest BCUT2D eigenvalue weighted by Gasteiger charge is -2.05. The van der Waals surface area contributed by atoms with Gasteiger partial charge in [0.15, 0.2) is 0 Å². The number of amides is 1. The van der Waals surface area contributed by atoms with Gasteiger partial charge < -0.3 is 9.73 Å². The highest BCUT2D eigenvalue weighted by atomic mass is 35.5. The highest BCUT2D eigenvalue weighted by molar-refractivity contribution is 6.33. The Balaban J connectivity index is 2.06. The SMILES string of the molecule is O=C(NCCc1ccco1)c1cccc(Cl)c1[N+](=O)[O-]. The van der Waals surface area contributed by atoms with Gasteiger partial charge in [-0.3, -0.25) is 14.9 Å². The predicted molar refractivity (Wildman–Crippen MR) is 72.9 cm³/mol. The average molecular weight is 295 g/mol. The maximum absolute atomic E-state index is 11.9. The highest BCUT2D eigenvalue weighted by Gasteiger charge is 2.23. The number of hydrogen-bond acceptors (Lipinski definition) is 4. The molecule has 2 rings (SSSR count). The number of nitro benzene ring substituents is 1. The van der Waals surface area contributed by atoms with E-state index in [4.69, 9.17) is 16.0 Å². The zero-order valence-corrected chi connectivity index (χ0v) is 11.1. The summed E-state index contributed by atoms with van der Waals surface area (Å²) in [5.41, 5.74) is -0.438. The van der Waals surface area contributed by atoms with Crippen LogP contribution in [0.25, 0.3) is 0 Å². The van der Waals surface area contributed by atoms with Gasteiger partial charge in [0.05, 0.1) is 11.2 Å². The molecule has 0 saturated carbocycles. The number of para-hydroxylation sites is 1. The molecule has 1 N–H and O–H groups in total. The third kappa shape index (κ3) is 3.16. The molecule has 0 bridgehead atoms. The van der Waals surface area contributed by atoms with E-state index in [-0.39, 0.29) is 16.3 Å². The first-order valence-electron chi connectivity index (χ1n) is 5.83. The molecule has 0 saturated heterocycles. The van der Waals surface area contributed by atoms with Crippen molar-refractivity contribution in [2.24, 2.45) is 0 Å². The molecular weight excluding hydrogens is 284 g/mol. The molecule has 1 aromatic carbocycles. The molecule has 1 amide bonds. The van der Waals surface area contributed by atoms with Crippen LogP contribution in [0.3, 0.4) is 0 Å². The normalized spacial score (nSPS) is 10.2. The van der Waals surface area contributed by atoms with E-state index in [2.05, 4.69) is 5.32 Å². The minimum atomic E-state index is -0.663. The maximum atomic E-state index is 11.9. The minimum absolute atomic E-state index is 0.0538. The Morgan fingerprint density at radius 2 is 2.15 bits per heavy atom. The fraction of sp³-hybridized carbons (Fsp3) is 0.154. The van der Waals surface area contributed by atoms with Crippen molar-refractivity contribution in [2.75, 3.05) is 6.54 Å². The summed E-state index contributed by atoms with van der Waals surface area (Å²) < 4.78 is 5.12. The van der Waals surface area contributed by atoms with Gasteiger partial charge in [-0.15, -0.1) is 0 Å². The van der Waals surface area contributed by atoms with Crippen molar-refractivity contribution in [2.45, 2.75) is 6.42 Å². The maximum Gasteiger partial charge on any atom is 0.300 e. The van der Waals surface area contributed by atoms with E-state index < -0.39 is 10.8 Å². The lowest BCUT2D eigenvalue weighted by atomic mass is 10.1. The number of furan rings is 1. The quantitative estimate of drug-likeness (QED) is 0.678. The van der Waals surface area contributed by atoms with Crippen molar-refractivity contribution in [3.05, 3.63) is 63.1 Å². The van der Waals surface area contributed by atoms with E-state index in [0.29, 0.717) is 13.0 Å². The molecule has 0 atom stereocenters. The number of carbonyl (C=O) groups is 1. The number of rotatable bonds is 5. The van der Waals surface area contributed by atoms with Gasteiger partial charge in [0.2, 0.25) is 0 Å². The van der Waals surface area contributed by atoms with Gasteiger partial charge in [0.1, 0.15) is 16.3 Å². The van der Waals surface area contributed by atoms with Gasteiger partial charge in [-0.05, 0) is 24.3 Å². The van der Waals surface area contributed by atoms with Gasteiger partial charge in [-0.25, -0.2) is 0 Å². The second-order valence-corrected chi connectivity index (χ2v) is 4.39. The summed E-state index contributed by atoms with van der Waals surface area (Å²) in [4.78, 5) is 22.2. The smallest absolute Gasteiger partial charge is 0.300 e. The zero-order valence-electron chi connectivity index (χ0n) is 10.3. The van der Waals surface area contributed by atoms with Gasteiger partial charge >= 0.3 is 5.69 Å². The van der Waals surface area contributed by atoms with Crippen molar-refractivity contribution < 1.29 is 14.1 Å². The molecule has 0 unspecified atom stereocenters. The van der Waals surface area contributed by atoms with Crippen LogP contribution in [0.15, 0.2) is 41.0 Å². The number of nitrogens with one attached hydrogen (secondary N) is 1. The third-order valence-corrected chi connectivity index (χ3v) is 2.96. The summed E-state index contributed by atoms with van der Waals surface area (Å²) >= 11 is 5.75. The molecule has 6 nitrogen and oxygen atoms in total. The molecule has 0 fully saturated rings. The molecule has 20 heavy (non-hydrogen) atoms. The Hall–Kier alpha value is -2.34. The highest BCUT2D eigenvalue weighted by Crippen LogP contribution is 2.27. The van der Waals surface area contributed by atoms with Crippen molar-refractivity contribution >= 4 is 23.2 Å². The minimum Gasteiger partial charge on any atom is -0.469 e. The molecular formula is C13H11ClN2O4. The summed E-state index contributed by atoms with van der Waals surface area (Å²) in [6, 6.07) is 7.77. The molecule has 1 aromatic heterocycles. The molecule has 0 spiro atoms. The van der Waals surface area contributed by atoms with E-state index >= 15 is 0 Å². The van der Waals surface area contributed by atoms with Crippen LogP contribution in [-0.4, -0.2) is 17.4 Å². The summed E-state index contributed by atoms with van der Waals surface area (Å²) in [5, 5.41) is 13.5. The van der Waals surface area contributed by atoms with Crippen molar-refractivity contribution in [3.63, 3.8) is 0 Å². The Bertz CT molecular complexity index is 625. The van der Waals surface area contributed by atoms with Crippen LogP contribution in [0.2, 0.25) is 5.02 Å². The Morgan fingerprint density at radius 3 is 2.80 bits per heavy atom. The first-order valence-corrected chi connectivity index (χ1v) is 6.21. The molecule has 104 valence electrons. The number of carbonyl (C=O) groups excluding carboxylic acids is 1. The molecule has 2 aromatic rings. The summed E-state index contributed by atoms with van der Waals surface area (Å²) in [6.45, 7) is 0.315. The first kappa shape index (κ1) is 14.1. The molecule has 0 aliphatic rings. The van der Waals surface area contributed by atoms with Gasteiger partial charge in [-0.1, -0.05) is 17.7 Å². The van der Waals surface area contributed by atoms with Crippen molar-refractivity contribution in [1.82, 2.24) is 5.32 Å². The molecule has 1 heterocycles. The van der Waals surface area contributed by atoms with Crippen LogP contribution in [0.5, 0.6) is 0 Å². The van der Waals surface area contributed by atoms with E-state index in [1.54, 1.807) is 18.4 Å². The molecule has 7 heteroatoms. The lowest BCUT2D eigenvalue weighted by molar-refractivity contribution is -0.385. The number of nitro groups is 1. The lowest BCUT2D eigenvalue weighted by Crippen LogP contribution is -2.26. The van der Waals surface area contributed by atoms with Crippen molar-refractivity contribution in [1.29, 1.82) is 0 Å². The standard InChI is InChI=1S/C13H11ClN2O4/c14-11-5-1-4-10(12(11)16(18)19)13(17)15-7-6-9-3-2-8-20-9/h1-5,8H,6-7H2,(H,15,17). The largest absolute Gasteiger partial charge is 0.469 e. The van der Waals surface area contributed by atoms with Gasteiger partial charge in [-0.2, -0.15) is 0 Å². The molecule has 0 aliphatic heterocycles. The topological polar surface area (TPSA) is 85.4 Å². The van der Waals surface area contributed by atoms with E-state index in [9.17, 15) is 14.9 Å². The van der Waals surface area contributed by atoms with Crippen LogP contribution >= 0.6 is 11.6 Å². The summed E-state index contributed by atoms with van der Waals surface area (Å²) in [5.74, 6) is 0.191. The average Bonchev–Trinajstić information content (AvgIpc) is 2.91. The van der Waals surface area contributed by atoms with E-state index in [0.717, 1.165) is 5.76 Å². The monoisotopic (exact) mass is 294 g/mol. The van der Waals surface area contributed by atoms with Gasteiger partial charge in [0, 0.05) is 13.0 Å². The fourth-order valence-electron chi connectivity index (χ4n) is 1.73.